The predicted octanol–water partition coefficient (Wildman–Crippen LogP) is 6.15. The van der Waals surface area contributed by atoms with Crippen LogP contribution in [0.5, 0.6) is 0 Å². The van der Waals surface area contributed by atoms with E-state index >= 15 is 0 Å². The van der Waals surface area contributed by atoms with Gasteiger partial charge in [-0.05, 0) is 0 Å². The molecule has 118 valence electrons. The third-order valence-corrected chi connectivity index (χ3v) is 72.9. The molecule has 0 aromatic rings. The van der Waals surface area contributed by atoms with E-state index in [9.17, 15) is 0 Å². The molecule has 10 fully saturated rings. The van der Waals surface area contributed by atoms with Crippen molar-refractivity contribution in [2.24, 2.45) is 0 Å². The van der Waals surface area contributed by atoms with Gasteiger partial charge in [0, 0.05) is 0 Å². The standard InChI is InChI=1S/C13H22P.C5H6P.Fe/c1-12(2,3)14(13(4,5)6)11-9-7-8-10-11;6-5-3-1-2-4-5;/h7-10H,1-6H3;1-4H,6H2;. The van der Waals surface area contributed by atoms with Crippen molar-refractivity contribution in [3.05, 3.63) is 0 Å². The Morgan fingerprint density at radius 2 is 1.14 bits per heavy atom. The molecule has 0 radical (unpaired) electrons. The van der Waals surface area contributed by atoms with Crippen LogP contribution in [0.25, 0.3) is 0 Å². The molecule has 0 nitrogen and oxygen atoms in total. The number of hydrogen-bond acceptors (Lipinski definition) is 0. The van der Waals surface area contributed by atoms with Gasteiger partial charge in [-0.25, -0.2) is 0 Å². The van der Waals surface area contributed by atoms with Crippen LogP contribution in [-0.4, -0.2) is 18.4 Å². The molecule has 3 heteroatoms. The third-order valence-electron chi connectivity index (χ3n) is 16.5. The third kappa shape index (κ3) is 0.133. The molecular formula is C18H28FeP2. The maximum absolute atomic E-state index is 3.65. The van der Waals surface area contributed by atoms with Crippen molar-refractivity contribution >= 4 is 17.2 Å². The van der Waals surface area contributed by atoms with E-state index in [0.29, 0.717) is 10.3 Å². The summed E-state index contributed by atoms with van der Waals surface area (Å²) in [5.74, 6) is 0. The van der Waals surface area contributed by atoms with E-state index in [0.717, 1.165) is 8.11 Å². The molecule has 0 aromatic heterocycles. The summed E-state index contributed by atoms with van der Waals surface area (Å²) in [6, 6.07) is 0. The van der Waals surface area contributed by atoms with Crippen molar-refractivity contribution in [2.45, 2.75) is 98.5 Å². The summed E-state index contributed by atoms with van der Waals surface area (Å²) >= 11 is 0. The molecule has 10 aliphatic rings. The first-order valence-corrected chi connectivity index (χ1v) is 17.2. The van der Waals surface area contributed by atoms with Gasteiger partial charge in [0.05, 0.1) is 0 Å². The number of rotatable bonds is 1. The molecule has 10 aliphatic heterocycles. The van der Waals surface area contributed by atoms with Crippen LogP contribution in [0, 0.1) is 0 Å². The van der Waals surface area contributed by atoms with Crippen molar-refractivity contribution in [3.63, 3.8) is 0 Å². The van der Waals surface area contributed by atoms with Crippen LogP contribution in [-0.2, 0) is 6.51 Å². The van der Waals surface area contributed by atoms with Crippen molar-refractivity contribution in [3.8, 4) is 0 Å². The molecule has 0 aromatic carbocycles. The minimum atomic E-state index is -3.08. The van der Waals surface area contributed by atoms with Gasteiger partial charge < -0.3 is 0 Å². The van der Waals surface area contributed by atoms with Gasteiger partial charge in [0.2, 0.25) is 0 Å². The molecular weight excluding hydrogens is 334 g/mol. The number of hydrogen-bond donors (Lipinski definition) is 0. The first kappa shape index (κ1) is 10.4. The number of fused-ring (bicyclic) bond motifs is 10. The van der Waals surface area contributed by atoms with Gasteiger partial charge in [-0.3, -0.25) is 0 Å². The molecule has 10 heterocycles. The second-order valence-electron chi connectivity index (χ2n) is 14.5. The zero-order valence-electron chi connectivity index (χ0n) is 14.0. The Morgan fingerprint density at radius 3 is 1.29 bits per heavy atom. The van der Waals surface area contributed by atoms with Crippen LogP contribution < -0.4 is 0 Å². The summed E-state index contributed by atoms with van der Waals surface area (Å²) in [5.41, 5.74) is 0. The Bertz CT molecular complexity index is 1110. The second-order valence-corrected chi connectivity index (χ2v) is 43.7. The summed E-state index contributed by atoms with van der Waals surface area (Å²) in [6.45, 7) is 12.7. The molecule has 0 saturated carbocycles. The summed E-state index contributed by atoms with van der Waals surface area (Å²) < 4.78 is 2.09. The molecule has 9 atom stereocenters. The van der Waals surface area contributed by atoms with E-state index in [1.165, 1.54) is 38.5 Å². The minimum absolute atomic E-state index is 0.195. The quantitative estimate of drug-likeness (QED) is 0.388. The fourth-order valence-electron chi connectivity index (χ4n) is 19.2. The van der Waals surface area contributed by atoms with Crippen molar-refractivity contribution < 1.29 is 6.51 Å². The molecule has 0 N–H and O–H groups in total. The molecule has 21 heavy (non-hydrogen) atoms. The average Bonchev–Trinajstić information content (AvgIpc) is 3.21. The zero-order chi connectivity index (χ0) is 14.5. The first-order chi connectivity index (χ1) is 9.30. The Balaban J connectivity index is 1.48. The predicted molar refractivity (Wildman–Crippen MR) is 91.6 cm³/mol. The first-order valence-electron chi connectivity index (χ1n) is 9.10. The monoisotopic (exact) mass is 362 g/mol. The summed E-state index contributed by atoms with van der Waals surface area (Å²) in [7, 11) is 3.84. The molecule has 1 spiro atoms. The molecule has 9 unspecified atom stereocenters. The van der Waals surface area contributed by atoms with Crippen molar-refractivity contribution in [2.75, 3.05) is 0 Å². The van der Waals surface area contributed by atoms with E-state index in [1.807, 2.05) is 0 Å². The van der Waals surface area contributed by atoms with Crippen LogP contribution in [0.15, 0.2) is 0 Å². The topological polar surface area (TPSA) is 0 Å². The van der Waals surface area contributed by atoms with E-state index in [1.54, 1.807) is 0 Å². The maximum atomic E-state index is 3.65. The zero-order valence-corrected chi connectivity index (χ0v) is 17.2. The van der Waals surface area contributed by atoms with E-state index in [4.69, 9.17) is 0 Å². The van der Waals surface area contributed by atoms with E-state index in [-0.39, 0.29) is 7.92 Å². The van der Waals surface area contributed by atoms with Crippen LogP contribution in [0.3, 0.4) is 0 Å². The second kappa shape index (κ2) is 0.936. The van der Waals surface area contributed by atoms with Gasteiger partial charge in [-0.1, -0.05) is 0 Å². The van der Waals surface area contributed by atoms with Crippen LogP contribution in [0.2, 0.25) is 38.5 Å². The Labute approximate surface area is 122 Å². The van der Waals surface area contributed by atoms with E-state index in [2.05, 4.69) is 50.8 Å². The molecule has 10 saturated heterocycles. The molecule has 10 rings (SSSR count). The van der Waals surface area contributed by atoms with Gasteiger partial charge in [0.1, 0.15) is 0 Å². The SMILES string of the molecule is CC(C)(C)P(C(C)(C)C)[C]12[CH]3[CH]4[CH]5[CH]1[Fe]45321678[CH]2[CH]1[CH]6[C]7(P)[CH]28. The summed E-state index contributed by atoms with van der Waals surface area (Å²) in [4.78, 5) is 11.6. The van der Waals surface area contributed by atoms with Gasteiger partial charge in [-0.2, -0.15) is 0 Å². The van der Waals surface area contributed by atoms with Gasteiger partial charge in [-0.15, -0.1) is 0 Å². The average molecular weight is 362 g/mol. The molecule has 0 bridgehead atoms. The molecule has 0 amide bonds. The fourth-order valence-corrected chi connectivity index (χ4v) is 122. The van der Waals surface area contributed by atoms with Crippen molar-refractivity contribution in [1.82, 2.24) is 0 Å². The van der Waals surface area contributed by atoms with E-state index < -0.39 is 6.51 Å². The summed E-state index contributed by atoms with van der Waals surface area (Å²) in [6.07, 6.45) is 0. The Hall–Kier alpha value is 1.38. The van der Waals surface area contributed by atoms with Gasteiger partial charge in [0.15, 0.2) is 0 Å². The van der Waals surface area contributed by atoms with Crippen LogP contribution >= 0.6 is 17.2 Å². The normalized spacial score (nSPS) is 104. The van der Waals surface area contributed by atoms with Crippen LogP contribution in [0.1, 0.15) is 41.5 Å². The van der Waals surface area contributed by atoms with Gasteiger partial charge >= 0.3 is 122 Å². The Morgan fingerprint density at radius 1 is 0.762 bits per heavy atom. The van der Waals surface area contributed by atoms with Crippen molar-refractivity contribution in [1.29, 1.82) is 0 Å². The van der Waals surface area contributed by atoms with Gasteiger partial charge in [0.25, 0.3) is 0 Å². The summed E-state index contributed by atoms with van der Waals surface area (Å²) in [5, 5.41) is 1.18. The Kier molecular flexibility index (Phi) is 0.463. The van der Waals surface area contributed by atoms with Crippen LogP contribution in [0.4, 0.5) is 0 Å². The molecule has 0 aliphatic carbocycles. The fraction of sp³-hybridized carbons (Fsp3) is 1.00.